The summed E-state index contributed by atoms with van der Waals surface area (Å²) in [6, 6.07) is 15.8. The molecule has 16 nitrogen and oxygen atoms in total. The lowest BCUT2D eigenvalue weighted by atomic mass is 10.2. The largest absolute Gasteiger partial charge is 0.491 e. The maximum absolute atomic E-state index is 5.96. The number of aromatic nitrogens is 3. The molecular weight excluding hydrogens is 833 g/mol. The standard InChI is InChI=1S/C49H82N6O10/c1-7-11-23-55(24-12-8-2)49-51-47(53(5)43-15-19-45(20-16-43)64-41-39-62-37-35-60-33-31-58-29-27-56-25-13-9-3)50-48(52-49)54(6)44-17-21-46(22-18-44)65-42-40-63-38-36-61-34-32-59-30-28-57-26-14-10-4/h15-22H,7-14,23-42H2,1-6H3. The number of ether oxygens (including phenoxy) is 10. The van der Waals surface area contributed by atoms with Gasteiger partial charge in [0.1, 0.15) is 24.7 Å². The lowest BCUT2D eigenvalue weighted by Gasteiger charge is -2.27. The van der Waals surface area contributed by atoms with E-state index in [0.29, 0.717) is 124 Å². The van der Waals surface area contributed by atoms with Crippen molar-refractivity contribution in [1.29, 1.82) is 0 Å². The first-order valence-electron chi connectivity index (χ1n) is 24.1. The summed E-state index contributed by atoms with van der Waals surface area (Å²) in [7, 11) is 3.94. The molecule has 0 bridgehead atoms. The van der Waals surface area contributed by atoms with Gasteiger partial charge in [0.15, 0.2) is 0 Å². The van der Waals surface area contributed by atoms with Crippen molar-refractivity contribution >= 4 is 29.2 Å². The van der Waals surface area contributed by atoms with Gasteiger partial charge in [-0.05, 0) is 74.2 Å². The first kappa shape index (κ1) is 55.5. The molecule has 0 aliphatic carbocycles. The summed E-state index contributed by atoms with van der Waals surface area (Å²) in [6.45, 7) is 20.4. The molecule has 0 aliphatic heterocycles. The van der Waals surface area contributed by atoms with Crippen LogP contribution in [0.2, 0.25) is 0 Å². The average Bonchev–Trinajstić information content (AvgIpc) is 3.33. The van der Waals surface area contributed by atoms with E-state index in [2.05, 4.69) is 32.6 Å². The Morgan fingerprint density at radius 1 is 0.338 bits per heavy atom. The van der Waals surface area contributed by atoms with Crippen LogP contribution in [-0.2, 0) is 37.9 Å². The van der Waals surface area contributed by atoms with E-state index in [1.54, 1.807) is 0 Å². The van der Waals surface area contributed by atoms with E-state index < -0.39 is 0 Å². The number of hydrogen-bond acceptors (Lipinski definition) is 16. The van der Waals surface area contributed by atoms with Gasteiger partial charge in [-0.3, -0.25) is 0 Å². The number of hydrogen-bond donors (Lipinski definition) is 0. The summed E-state index contributed by atoms with van der Waals surface area (Å²) in [4.78, 5) is 21.3. The van der Waals surface area contributed by atoms with E-state index in [4.69, 9.17) is 62.3 Å². The fraction of sp³-hybridized carbons (Fsp3) is 0.694. The fourth-order valence-corrected chi connectivity index (χ4v) is 6.01. The van der Waals surface area contributed by atoms with Gasteiger partial charge in [-0.2, -0.15) is 15.0 Å². The molecule has 368 valence electrons. The molecule has 2 aromatic carbocycles. The van der Waals surface area contributed by atoms with Gasteiger partial charge in [0.05, 0.1) is 92.5 Å². The molecule has 0 N–H and O–H groups in total. The lowest BCUT2D eigenvalue weighted by Crippen LogP contribution is -2.29. The van der Waals surface area contributed by atoms with E-state index in [0.717, 1.165) is 101 Å². The summed E-state index contributed by atoms with van der Waals surface area (Å²) in [5.74, 6) is 3.26. The van der Waals surface area contributed by atoms with Gasteiger partial charge in [-0.25, -0.2) is 0 Å². The molecule has 16 heteroatoms. The smallest absolute Gasteiger partial charge is 0.236 e. The van der Waals surface area contributed by atoms with Crippen LogP contribution in [-0.4, -0.2) is 161 Å². The first-order chi connectivity index (χ1) is 32.0. The van der Waals surface area contributed by atoms with Gasteiger partial charge in [-0.1, -0.05) is 53.4 Å². The Morgan fingerprint density at radius 3 is 0.923 bits per heavy atom. The number of benzene rings is 2. The van der Waals surface area contributed by atoms with Crippen LogP contribution < -0.4 is 24.2 Å². The topological polar surface area (TPSA) is 141 Å². The van der Waals surface area contributed by atoms with Crippen molar-refractivity contribution in [3.63, 3.8) is 0 Å². The summed E-state index contributed by atoms with van der Waals surface area (Å²) in [6.07, 6.45) is 8.69. The monoisotopic (exact) mass is 915 g/mol. The molecule has 0 radical (unpaired) electrons. The normalized spacial score (nSPS) is 11.3. The predicted molar refractivity (Wildman–Crippen MR) is 258 cm³/mol. The highest BCUT2D eigenvalue weighted by Crippen LogP contribution is 2.29. The molecule has 0 spiro atoms. The van der Waals surface area contributed by atoms with Crippen molar-refractivity contribution in [3.8, 4) is 11.5 Å². The molecule has 0 aliphatic rings. The van der Waals surface area contributed by atoms with Gasteiger partial charge >= 0.3 is 0 Å². The van der Waals surface area contributed by atoms with Crippen molar-refractivity contribution in [3.05, 3.63) is 48.5 Å². The summed E-state index contributed by atoms with van der Waals surface area (Å²) < 4.78 is 56.5. The minimum absolute atomic E-state index is 0.430. The summed E-state index contributed by atoms with van der Waals surface area (Å²) in [5.41, 5.74) is 1.83. The zero-order chi connectivity index (χ0) is 46.4. The average molecular weight is 915 g/mol. The van der Waals surface area contributed by atoms with E-state index >= 15 is 0 Å². The third-order valence-electron chi connectivity index (χ3n) is 10.0. The van der Waals surface area contributed by atoms with Crippen LogP contribution in [0.1, 0.15) is 79.1 Å². The Morgan fingerprint density at radius 2 is 0.615 bits per heavy atom. The van der Waals surface area contributed by atoms with E-state index in [9.17, 15) is 0 Å². The van der Waals surface area contributed by atoms with E-state index in [1.807, 2.05) is 72.4 Å². The van der Waals surface area contributed by atoms with Crippen LogP contribution in [0.15, 0.2) is 48.5 Å². The predicted octanol–water partition coefficient (Wildman–Crippen LogP) is 8.30. The highest BCUT2D eigenvalue weighted by atomic mass is 16.6. The van der Waals surface area contributed by atoms with E-state index in [-0.39, 0.29) is 0 Å². The Labute approximate surface area is 390 Å². The molecule has 3 rings (SSSR count). The molecule has 0 atom stereocenters. The zero-order valence-electron chi connectivity index (χ0n) is 40.7. The van der Waals surface area contributed by atoms with Gasteiger partial charge in [0, 0.05) is 51.8 Å². The van der Waals surface area contributed by atoms with Crippen LogP contribution >= 0.6 is 0 Å². The molecule has 0 unspecified atom stereocenters. The third kappa shape index (κ3) is 25.0. The van der Waals surface area contributed by atoms with Crippen molar-refractivity contribution in [1.82, 2.24) is 15.0 Å². The SMILES string of the molecule is CCCCOCCOCCOCCOCCOc1ccc(N(C)c2nc(N(CCCC)CCCC)nc(N(C)c3ccc(OCCOCCOCCOCCOCCCC)cc3)n2)cc1. The van der Waals surface area contributed by atoms with Crippen LogP contribution in [0.3, 0.4) is 0 Å². The molecule has 0 saturated carbocycles. The molecular formula is C49H82N6O10. The Kier molecular flexibility index (Phi) is 31.8. The lowest BCUT2D eigenvalue weighted by molar-refractivity contribution is -0.00478. The Bertz CT molecular complexity index is 1450. The maximum Gasteiger partial charge on any atom is 0.236 e. The molecule has 0 amide bonds. The van der Waals surface area contributed by atoms with Crippen molar-refractivity contribution in [2.45, 2.75) is 79.1 Å². The molecule has 1 aromatic heterocycles. The Hall–Kier alpha value is -3.87. The first-order valence-corrected chi connectivity index (χ1v) is 24.1. The van der Waals surface area contributed by atoms with Crippen molar-refractivity contribution in [2.75, 3.05) is 161 Å². The minimum atomic E-state index is 0.430. The van der Waals surface area contributed by atoms with Crippen LogP contribution in [0.25, 0.3) is 0 Å². The quantitative estimate of drug-likeness (QED) is 0.0502. The van der Waals surface area contributed by atoms with Gasteiger partial charge in [0.25, 0.3) is 0 Å². The van der Waals surface area contributed by atoms with Gasteiger partial charge in [-0.15, -0.1) is 0 Å². The van der Waals surface area contributed by atoms with Crippen molar-refractivity contribution in [2.24, 2.45) is 0 Å². The number of nitrogens with zero attached hydrogens (tertiary/aromatic N) is 6. The fourth-order valence-electron chi connectivity index (χ4n) is 6.01. The van der Waals surface area contributed by atoms with Crippen molar-refractivity contribution < 1.29 is 47.4 Å². The van der Waals surface area contributed by atoms with Gasteiger partial charge in [0.2, 0.25) is 17.8 Å². The number of unbranched alkanes of at least 4 members (excludes halogenated alkanes) is 4. The molecule has 0 fully saturated rings. The minimum Gasteiger partial charge on any atom is -0.491 e. The Balaban J connectivity index is 1.48. The number of rotatable bonds is 43. The highest BCUT2D eigenvalue weighted by molar-refractivity contribution is 5.63. The molecule has 65 heavy (non-hydrogen) atoms. The molecule has 3 aromatic rings. The second kappa shape index (κ2) is 37.2. The molecule has 0 saturated heterocycles. The second-order valence-electron chi connectivity index (χ2n) is 15.3. The molecule has 1 heterocycles. The van der Waals surface area contributed by atoms with Crippen LogP contribution in [0.5, 0.6) is 11.5 Å². The zero-order valence-corrected chi connectivity index (χ0v) is 40.7. The van der Waals surface area contributed by atoms with E-state index in [1.165, 1.54) is 0 Å². The third-order valence-corrected chi connectivity index (χ3v) is 10.0. The van der Waals surface area contributed by atoms with Crippen LogP contribution in [0, 0.1) is 0 Å². The number of anilines is 5. The summed E-state index contributed by atoms with van der Waals surface area (Å²) >= 11 is 0. The maximum atomic E-state index is 5.96. The van der Waals surface area contributed by atoms with Crippen LogP contribution in [0.4, 0.5) is 29.2 Å². The second-order valence-corrected chi connectivity index (χ2v) is 15.3. The summed E-state index contributed by atoms with van der Waals surface area (Å²) in [5, 5.41) is 0. The highest BCUT2D eigenvalue weighted by Gasteiger charge is 2.19. The van der Waals surface area contributed by atoms with Gasteiger partial charge < -0.3 is 62.1 Å².